The lowest BCUT2D eigenvalue weighted by molar-refractivity contribution is 0.101. The zero-order chi connectivity index (χ0) is 20.4. The second kappa shape index (κ2) is 7.72. The molecule has 0 aliphatic heterocycles. The Morgan fingerprint density at radius 2 is 1.59 bits per heavy atom. The molecule has 29 heavy (non-hydrogen) atoms. The summed E-state index contributed by atoms with van der Waals surface area (Å²) in [5, 5.41) is 7.47. The fraction of sp³-hybridized carbons (Fsp3) is 0.125. The molecule has 0 saturated heterocycles. The van der Waals surface area contributed by atoms with Crippen molar-refractivity contribution in [2.24, 2.45) is 0 Å². The summed E-state index contributed by atoms with van der Waals surface area (Å²) in [7, 11) is 0. The van der Waals surface area contributed by atoms with Gasteiger partial charge in [-0.15, -0.1) is 5.10 Å². The Labute approximate surface area is 170 Å². The molecule has 0 aliphatic carbocycles. The first-order valence-electron chi connectivity index (χ1n) is 9.50. The van der Waals surface area contributed by atoms with Gasteiger partial charge in [-0.2, -0.15) is 0 Å². The number of aryl methyl sites for hydroxylation is 2. The molecule has 0 bridgehead atoms. The van der Waals surface area contributed by atoms with Crippen LogP contribution in [-0.4, -0.2) is 20.7 Å². The van der Waals surface area contributed by atoms with Crippen LogP contribution in [0.4, 0.5) is 5.69 Å². The molecule has 0 spiro atoms. The number of hydrogen-bond acceptors (Lipinski definition) is 3. The van der Waals surface area contributed by atoms with Gasteiger partial charge in [-0.3, -0.25) is 4.79 Å². The number of aromatic nitrogens is 3. The third-order valence-electron chi connectivity index (χ3n) is 4.97. The quantitative estimate of drug-likeness (QED) is 0.533. The second-order valence-corrected chi connectivity index (χ2v) is 7.07. The minimum absolute atomic E-state index is 0.130. The first-order valence-corrected chi connectivity index (χ1v) is 9.50. The zero-order valence-electron chi connectivity index (χ0n) is 16.7. The minimum Gasteiger partial charge on any atom is -0.319 e. The number of benzene rings is 3. The number of carbonyl (C=O) groups is 1. The fourth-order valence-electron chi connectivity index (χ4n) is 3.11. The predicted molar refractivity (Wildman–Crippen MR) is 115 cm³/mol. The summed E-state index contributed by atoms with van der Waals surface area (Å²) >= 11 is 0. The molecule has 4 aromatic rings. The molecule has 0 fully saturated rings. The van der Waals surface area contributed by atoms with Crippen molar-refractivity contribution in [1.82, 2.24) is 14.8 Å². The van der Waals surface area contributed by atoms with E-state index in [1.54, 1.807) is 4.68 Å². The molecule has 0 unspecified atom stereocenters. The van der Waals surface area contributed by atoms with Crippen LogP contribution in [0.15, 0.2) is 72.8 Å². The monoisotopic (exact) mass is 382 g/mol. The van der Waals surface area contributed by atoms with Crippen molar-refractivity contribution in [2.75, 3.05) is 5.32 Å². The van der Waals surface area contributed by atoms with Gasteiger partial charge in [0.2, 0.25) is 5.82 Å². The van der Waals surface area contributed by atoms with E-state index in [0.29, 0.717) is 5.82 Å². The van der Waals surface area contributed by atoms with Crippen molar-refractivity contribution in [3.8, 4) is 17.1 Å². The average Bonchev–Trinajstić information content (AvgIpc) is 3.18. The number of nitrogens with zero attached hydrogens (tertiary/aromatic N) is 3. The van der Waals surface area contributed by atoms with Crippen molar-refractivity contribution in [3.63, 3.8) is 0 Å². The van der Waals surface area contributed by atoms with E-state index in [9.17, 15) is 4.79 Å². The Morgan fingerprint density at radius 1 is 0.862 bits per heavy atom. The number of amides is 1. The van der Waals surface area contributed by atoms with E-state index in [-0.39, 0.29) is 11.7 Å². The van der Waals surface area contributed by atoms with E-state index in [4.69, 9.17) is 0 Å². The SMILES string of the molecule is Cc1ccc(-n2nc(C(=O)Nc3cccc(C)c3C)nc2-c2ccccc2)cc1. The van der Waals surface area contributed by atoms with Crippen molar-refractivity contribution >= 4 is 11.6 Å². The highest BCUT2D eigenvalue weighted by molar-refractivity contribution is 6.02. The Balaban J connectivity index is 1.75. The molecule has 5 nitrogen and oxygen atoms in total. The third-order valence-corrected chi connectivity index (χ3v) is 4.97. The zero-order valence-corrected chi connectivity index (χ0v) is 16.7. The summed E-state index contributed by atoms with van der Waals surface area (Å²) in [6.45, 7) is 6.04. The molecule has 5 heteroatoms. The highest BCUT2D eigenvalue weighted by atomic mass is 16.2. The smallest absolute Gasteiger partial charge is 0.295 e. The number of anilines is 1. The first-order chi connectivity index (χ1) is 14.0. The molecule has 0 aliphatic rings. The molecular weight excluding hydrogens is 360 g/mol. The summed E-state index contributed by atoms with van der Waals surface area (Å²) in [4.78, 5) is 17.5. The molecule has 3 aromatic carbocycles. The molecule has 144 valence electrons. The van der Waals surface area contributed by atoms with Gasteiger partial charge in [0.05, 0.1) is 5.69 Å². The van der Waals surface area contributed by atoms with Crippen LogP contribution in [0.2, 0.25) is 0 Å². The van der Waals surface area contributed by atoms with E-state index in [0.717, 1.165) is 33.6 Å². The predicted octanol–water partition coefficient (Wildman–Crippen LogP) is 5.11. The van der Waals surface area contributed by atoms with Gasteiger partial charge >= 0.3 is 0 Å². The van der Waals surface area contributed by atoms with Crippen molar-refractivity contribution < 1.29 is 4.79 Å². The molecular formula is C24H22N4O. The molecule has 0 radical (unpaired) electrons. The maximum atomic E-state index is 12.9. The lowest BCUT2D eigenvalue weighted by atomic mass is 10.1. The van der Waals surface area contributed by atoms with Crippen molar-refractivity contribution in [1.29, 1.82) is 0 Å². The number of hydrogen-bond donors (Lipinski definition) is 1. The van der Waals surface area contributed by atoms with Gasteiger partial charge in [0.1, 0.15) is 0 Å². The molecule has 1 heterocycles. The van der Waals surface area contributed by atoms with Crippen LogP contribution in [0.1, 0.15) is 27.3 Å². The average molecular weight is 382 g/mol. The van der Waals surface area contributed by atoms with E-state index in [1.165, 1.54) is 0 Å². The topological polar surface area (TPSA) is 59.8 Å². The van der Waals surface area contributed by atoms with Gasteiger partial charge < -0.3 is 5.32 Å². The summed E-state index contributed by atoms with van der Waals surface area (Å²) in [5.41, 5.74) is 5.82. The number of nitrogens with one attached hydrogen (secondary N) is 1. The van der Waals surface area contributed by atoms with Crippen LogP contribution in [0.3, 0.4) is 0 Å². The highest BCUT2D eigenvalue weighted by Gasteiger charge is 2.19. The Kier molecular flexibility index (Phi) is 4.96. The van der Waals surface area contributed by atoms with Gasteiger partial charge in [-0.05, 0) is 50.1 Å². The van der Waals surface area contributed by atoms with Crippen LogP contribution in [0.25, 0.3) is 17.1 Å². The summed E-state index contributed by atoms with van der Waals surface area (Å²) in [5.74, 6) is 0.424. The van der Waals surface area contributed by atoms with Gasteiger partial charge in [0.15, 0.2) is 5.82 Å². The van der Waals surface area contributed by atoms with E-state index in [1.807, 2.05) is 93.6 Å². The lowest BCUT2D eigenvalue weighted by Crippen LogP contribution is -2.15. The highest BCUT2D eigenvalue weighted by Crippen LogP contribution is 2.23. The van der Waals surface area contributed by atoms with E-state index < -0.39 is 0 Å². The summed E-state index contributed by atoms with van der Waals surface area (Å²) < 4.78 is 1.72. The summed E-state index contributed by atoms with van der Waals surface area (Å²) in [6, 6.07) is 23.6. The van der Waals surface area contributed by atoms with Crippen molar-refractivity contribution in [3.05, 3.63) is 95.3 Å². The Bertz CT molecular complexity index is 1160. The molecule has 4 rings (SSSR count). The van der Waals surface area contributed by atoms with Crippen LogP contribution < -0.4 is 5.32 Å². The van der Waals surface area contributed by atoms with Gasteiger partial charge in [0.25, 0.3) is 5.91 Å². The standard InChI is InChI=1S/C24H22N4O/c1-16-12-14-20(15-13-16)28-23(19-9-5-4-6-10-19)26-22(27-28)24(29)25-21-11-7-8-17(2)18(21)3/h4-15H,1-3H3,(H,25,29). The van der Waals surface area contributed by atoms with Crippen LogP contribution in [-0.2, 0) is 0 Å². The van der Waals surface area contributed by atoms with Gasteiger partial charge in [-0.25, -0.2) is 9.67 Å². The maximum absolute atomic E-state index is 12.9. The molecule has 0 saturated carbocycles. The molecule has 1 aromatic heterocycles. The van der Waals surface area contributed by atoms with Gasteiger partial charge in [0, 0.05) is 11.3 Å². The van der Waals surface area contributed by atoms with Crippen molar-refractivity contribution in [2.45, 2.75) is 20.8 Å². The number of rotatable bonds is 4. The first kappa shape index (κ1) is 18.6. The minimum atomic E-state index is -0.332. The fourth-order valence-corrected chi connectivity index (χ4v) is 3.11. The molecule has 0 atom stereocenters. The summed E-state index contributed by atoms with van der Waals surface area (Å²) in [6.07, 6.45) is 0. The van der Waals surface area contributed by atoms with E-state index in [2.05, 4.69) is 15.4 Å². The van der Waals surface area contributed by atoms with E-state index >= 15 is 0 Å². The Morgan fingerprint density at radius 3 is 2.31 bits per heavy atom. The lowest BCUT2D eigenvalue weighted by Gasteiger charge is -2.08. The van der Waals surface area contributed by atoms with Crippen LogP contribution in [0, 0.1) is 20.8 Å². The Hall–Kier alpha value is -3.73. The number of carbonyl (C=O) groups excluding carboxylic acids is 1. The third kappa shape index (κ3) is 3.80. The van der Waals surface area contributed by atoms with Gasteiger partial charge in [-0.1, -0.05) is 60.2 Å². The largest absolute Gasteiger partial charge is 0.319 e. The normalized spacial score (nSPS) is 10.7. The maximum Gasteiger partial charge on any atom is 0.295 e. The molecule has 1 N–H and O–H groups in total. The van der Waals surface area contributed by atoms with Crippen LogP contribution >= 0.6 is 0 Å². The molecule has 1 amide bonds. The second-order valence-electron chi connectivity index (χ2n) is 7.07. The van der Waals surface area contributed by atoms with Crippen LogP contribution in [0.5, 0.6) is 0 Å².